The minimum Gasteiger partial charge on any atom is -0.370 e. The molecule has 1 aromatic rings. The molecule has 0 radical (unpaired) electrons. The molecule has 0 bridgehead atoms. The second kappa shape index (κ2) is 8.03. The predicted octanol–water partition coefficient (Wildman–Crippen LogP) is 0.328. The van der Waals surface area contributed by atoms with Crippen LogP contribution >= 0.6 is 0 Å². The van der Waals surface area contributed by atoms with E-state index in [9.17, 15) is 14.0 Å². The molecular weight excluding hydrogens is 299 g/mol. The molecule has 1 atom stereocenters. The van der Waals surface area contributed by atoms with Crippen LogP contribution in [0, 0.1) is 5.82 Å². The summed E-state index contributed by atoms with van der Waals surface area (Å²) in [5.41, 5.74) is 5.76. The first-order valence-electron chi connectivity index (χ1n) is 7.76. The van der Waals surface area contributed by atoms with Gasteiger partial charge in [-0.2, -0.15) is 0 Å². The van der Waals surface area contributed by atoms with Gasteiger partial charge in [-0.1, -0.05) is 0 Å². The van der Waals surface area contributed by atoms with Gasteiger partial charge in [0.05, 0.1) is 6.54 Å². The molecule has 0 aromatic heterocycles. The smallest absolute Gasteiger partial charge is 0.241 e. The fourth-order valence-corrected chi connectivity index (χ4v) is 2.62. The van der Waals surface area contributed by atoms with Gasteiger partial charge >= 0.3 is 0 Å². The zero-order chi connectivity index (χ0) is 16.8. The Morgan fingerprint density at radius 2 is 2.09 bits per heavy atom. The van der Waals surface area contributed by atoms with Crippen LogP contribution in [0.1, 0.15) is 13.3 Å². The molecular formula is C16H23FN4O2. The maximum atomic E-state index is 13.1. The fraction of sp³-hybridized carbons (Fsp3) is 0.500. The lowest BCUT2D eigenvalue weighted by molar-refractivity contribution is -0.120. The predicted molar refractivity (Wildman–Crippen MR) is 86.5 cm³/mol. The summed E-state index contributed by atoms with van der Waals surface area (Å²) < 4.78 is 13.1. The number of hydrogen-bond donors (Lipinski definition) is 2. The molecule has 1 saturated heterocycles. The molecule has 1 aromatic carbocycles. The van der Waals surface area contributed by atoms with Gasteiger partial charge in [-0.25, -0.2) is 4.39 Å². The van der Waals surface area contributed by atoms with Crippen LogP contribution in [0.3, 0.4) is 0 Å². The summed E-state index contributed by atoms with van der Waals surface area (Å²) in [6, 6.07) is 5.93. The Kier molecular flexibility index (Phi) is 6.06. The monoisotopic (exact) mass is 322 g/mol. The molecule has 0 spiro atoms. The van der Waals surface area contributed by atoms with Crippen molar-refractivity contribution in [3.05, 3.63) is 30.1 Å². The summed E-state index contributed by atoms with van der Waals surface area (Å²) in [5.74, 6) is -0.959. The molecule has 126 valence electrons. The molecule has 23 heavy (non-hydrogen) atoms. The standard InChI is InChI=1S/C16H23FN4O2/c1-12-10-19-7-9-20(12)11-16(23)21(8-6-15(18)22)14-4-2-13(17)3-5-14/h2-5,12,19H,6-11H2,1H3,(H2,18,22)/t12-/m1/s1. The Hall–Kier alpha value is -1.99. The van der Waals surface area contributed by atoms with Crippen molar-refractivity contribution in [2.75, 3.05) is 37.6 Å². The van der Waals surface area contributed by atoms with E-state index in [0.717, 1.165) is 19.6 Å². The number of carbonyl (C=O) groups excluding carboxylic acids is 2. The van der Waals surface area contributed by atoms with E-state index in [0.29, 0.717) is 5.69 Å². The Bertz CT molecular complexity index is 550. The van der Waals surface area contributed by atoms with Gasteiger partial charge in [0.2, 0.25) is 11.8 Å². The molecule has 2 amide bonds. The van der Waals surface area contributed by atoms with Crippen LogP contribution in [-0.4, -0.2) is 55.5 Å². The van der Waals surface area contributed by atoms with E-state index in [1.807, 2.05) is 0 Å². The van der Waals surface area contributed by atoms with Gasteiger partial charge in [-0.3, -0.25) is 14.5 Å². The molecule has 1 aliphatic rings. The zero-order valence-corrected chi connectivity index (χ0v) is 13.3. The first-order valence-corrected chi connectivity index (χ1v) is 7.76. The van der Waals surface area contributed by atoms with Crippen LogP contribution in [0.4, 0.5) is 10.1 Å². The Balaban J connectivity index is 2.09. The van der Waals surface area contributed by atoms with E-state index < -0.39 is 5.91 Å². The molecule has 0 saturated carbocycles. The van der Waals surface area contributed by atoms with E-state index in [1.54, 1.807) is 0 Å². The normalized spacial score (nSPS) is 18.6. The van der Waals surface area contributed by atoms with Crippen molar-refractivity contribution >= 4 is 17.5 Å². The van der Waals surface area contributed by atoms with E-state index in [-0.39, 0.29) is 37.3 Å². The number of rotatable bonds is 6. The number of carbonyl (C=O) groups is 2. The van der Waals surface area contributed by atoms with E-state index in [2.05, 4.69) is 17.1 Å². The highest BCUT2D eigenvalue weighted by molar-refractivity contribution is 5.95. The van der Waals surface area contributed by atoms with Crippen molar-refractivity contribution in [3.63, 3.8) is 0 Å². The highest BCUT2D eigenvalue weighted by Crippen LogP contribution is 2.16. The first-order chi connectivity index (χ1) is 11.0. The van der Waals surface area contributed by atoms with Crippen molar-refractivity contribution in [2.45, 2.75) is 19.4 Å². The van der Waals surface area contributed by atoms with Crippen LogP contribution in [0.2, 0.25) is 0 Å². The van der Waals surface area contributed by atoms with Crippen LogP contribution < -0.4 is 16.0 Å². The van der Waals surface area contributed by atoms with Crippen molar-refractivity contribution < 1.29 is 14.0 Å². The van der Waals surface area contributed by atoms with Gasteiger partial charge in [0.1, 0.15) is 5.82 Å². The zero-order valence-electron chi connectivity index (χ0n) is 13.3. The summed E-state index contributed by atoms with van der Waals surface area (Å²) >= 11 is 0. The molecule has 6 nitrogen and oxygen atoms in total. The Labute approximate surface area is 135 Å². The maximum absolute atomic E-state index is 13.1. The lowest BCUT2D eigenvalue weighted by Gasteiger charge is -2.35. The number of piperazine rings is 1. The lowest BCUT2D eigenvalue weighted by atomic mass is 10.2. The van der Waals surface area contributed by atoms with E-state index >= 15 is 0 Å². The summed E-state index contributed by atoms with van der Waals surface area (Å²) in [7, 11) is 0. The van der Waals surface area contributed by atoms with Gasteiger partial charge in [0.25, 0.3) is 0 Å². The van der Waals surface area contributed by atoms with Gasteiger partial charge in [0.15, 0.2) is 0 Å². The third-order valence-electron chi connectivity index (χ3n) is 4.00. The second-order valence-corrected chi connectivity index (χ2v) is 5.76. The lowest BCUT2D eigenvalue weighted by Crippen LogP contribution is -2.53. The van der Waals surface area contributed by atoms with Crippen molar-refractivity contribution in [1.82, 2.24) is 10.2 Å². The summed E-state index contributed by atoms with van der Waals surface area (Å²) in [6.07, 6.45) is 0.0697. The summed E-state index contributed by atoms with van der Waals surface area (Å²) in [5, 5.41) is 3.28. The van der Waals surface area contributed by atoms with Crippen molar-refractivity contribution in [2.24, 2.45) is 5.73 Å². The molecule has 2 rings (SSSR count). The van der Waals surface area contributed by atoms with Crippen LogP contribution in [0.25, 0.3) is 0 Å². The van der Waals surface area contributed by atoms with Gasteiger partial charge < -0.3 is 16.0 Å². The van der Waals surface area contributed by atoms with Crippen molar-refractivity contribution in [1.29, 1.82) is 0 Å². The summed E-state index contributed by atoms with van der Waals surface area (Å²) in [6.45, 7) is 4.99. The SMILES string of the molecule is C[C@@H]1CNCCN1CC(=O)N(CCC(N)=O)c1ccc(F)cc1. The molecule has 1 aliphatic heterocycles. The van der Waals surface area contributed by atoms with Crippen LogP contribution in [0.5, 0.6) is 0 Å². The number of benzene rings is 1. The molecule has 1 heterocycles. The second-order valence-electron chi connectivity index (χ2n) is 5.76. The largest absolute Gasteiger partial charge is 0.370 e. The highest BCUT2D eigenvalue weighted by Gasteiger charge is 2.24. The Morgan fingerprint density at radius 3 is 2.70 bits per heavy atom. The Morgan fingerprint density at radius 1 is 1.39 bits per heavy atom. The minimum atomic E-state index is -0.472. The van der Waals surface area contributed by atoms with Gasteiger partial charge in [-0.15, -0.1) is 0 Å². The molecule has 0 unspecified atom stereocenters. The van der Waals surface area contributed by atoms with Crippen LogP contribution in [0.15, 0.2) is 24.3 Å². The molecule has 3 N–H and O–H groups in total. The average Bonchev–Trinajstić information content (AvgIpc) is 2.51. The van der Waals surface area contributed by atoms with Gasteiger partial charge in [-0.05, 0) is 31.2 Å². The number of amides is 2. The highest BCUT2D eigenvalue weighted by atomic mass is 19.1. The topological polar surface area (TPSA) is 78.7 Å². The van der Waals surface area contributed by atoms with Gasteiger partial charge in [0, 0.05) is 44.3 Å². The molecule has 7 heteroatoms. The molecule has 0 aliphatic carbocycles. The van der Waals surface area contributed by atoms with Crippen molar-refractivity contribution in [3.8, 4) is 0 Å². The van der Waals surface area contributed by atoms with E-state index in [4.69, 9.17) is 5.73 Å². The fourth-order valence-electron chi connectivity index (χ4n) is 2.62. The first kappa shape index (κ1) is 17.4. The number of hydrogen-bond acceptors (Lipinski definition) is 4. The molecule has 1 fully saturated rings. The number of nitrogens with two attached hydrogens (primary N) is 1. The number of nitrogens with one attached hydrogen (secondary N) is 1. The minimum absolute atomic E-state index is 0.0697. The van der Waals surface area contributed by atoms with Crippen LogP contribution in [-0.2, 0) is 9.59 Å². The van der Waals surface area contributed by atoms with E-state index in [1.165, 1.54) is 29.2 Å². The third-order valence-corrected chi connectivity index (χ3v) is 4.00. The third kappa shape index (κ3) is 5.01. The number of anilines is 1. The summed E-state index contributed by atoms with van der Waals surface area (Å²) in [4.78, 5) is 27.3. The number of nitrogens with zero attached hydrogens (tertiary/aromatic N) is 2. The average molecular weight is 322 g/mol. The number of primary amides is 1. The number of halogens is 1. The quantitative estimate of drug-likeness (QED) is 0.791. The maximum Gasteiger partial charge on any atom is 0.241 e.